The van der Waals surface area contributed by atoms with E-state index < -0.39 is 0 Å². The van der Waals surface area contributed by atoms with Gasteiger partial charge >= 0.3 is 5.97 Å². The van der Waals surface area contributed by atoms with E-state index in [0.29, 0.717) is 42.1 Å². The van der Waals surface area contributed by atoms with Gasteiger partial charge in [-0.3, -0.25) is 0 Å². The van der Waals surface area contributed by atoms with Crippen molar-refractivity contribution in [1.82, 2.24) is 4.98 Å². The highest BCUT2D eigenvalue weighted by Gasteiger charge is 2.27. The van der Waals surface area contributed by atoms with Crippen molar-refractivity contribution < 1.29 is 23.7 Å². The summed E-state index contributed by atoms with van der Waals surface area (Å²) in [6, 6.07) is 13.4. The number of fused-ring (bicyclic) bond motifs is 2. The van der Waals surface area contributed by atoms with Crippen LogP contribution in [0.25, 0.3) is 22.6 Å². The van der Waals surface area contributed by atoms with Gasteiger partial charge in [0.25, 0.3) is 0 Å². The number of unbranched alkanes of at least 4 members (excludes halogenated alkanes) is 1. The van der Waals surface area contributed by atoms with E-state index in [1.165, 1.54) is 0 Å². The Morgan fingerprint density at radius 2 is 1.82 bits per heavy atom. The minimum absolute atomic E-state index is 0.214. The third-order valence-corrected chi connectivity index (χ3v) is 5.84. The molecule has 0 bridgehead atoms. The highest BCUT2D eigenvalue weighted by atomic mass is 16.5. The summed E-state index contributed by atoms with van der Waals surface area (Å²) >= 11 is 0. The molecule has 1 aromatic heterocycles. The summed E-state index contributed by atoms with van der Waals surface area (Å²) in [5.41, 5.74) is 4.90. The largest absolute Gasteiger partial charge is 0.493 e. The highest BCUT2D eigenvalue weighted by Crippen LogP contribution is 2.41. The molecule has 0 amide bonds. The number of ether oxygens (including phenoxy) is 4. The molecule has 174 valence electrons. The molecule has 1 aliphatic carbocycles. The SMILES string of the molecule is COc1cc(/C=C2\CCc3c2nc2ccccc2c3C(=O)OCCCC#N)cc(OC)c1OC. The minimum Gasteiger partial charge on any atom is -0.493 e. The third-order valence-electron chi connectivity index (χ3n) is 5.84. The molecular formula is C27H26N2O5. The van der Waals surface area contributed by atoms with Crippen LogP contribution >= 0.6 is 0 Å². The molecule has 0 spiro atoms. The van der Waals surface area contributed by atoms with Crippen molar-refractivity contribution in [2.24, 2.45) is 0 Å². The number of esters is 1. The van der Waals surface area contributed by atoms with Crippen molar-refractivity contribution in [1.29, 1.82) is 5.26 Å². The van der Waals surface area contributed by atoms with Gasteiger partial charge in [0.15, 0.2) is 11.5 Å². The minimum atomic E-state index is -0.373. The van der Waals surface area contributed by atoms with Gasteiger partial charge in [-0.15, -0.1) is 0 Å². The van der Waals surface area contributed by atoms with E-state index in [4.69, 9.17) is 29.2 Å². The molecule has 7 heteroatoms. The van der Waals surface area contributed by atoms with E-state index in [-0.39, 0.29) is 12.6 Å². The summed E-state index contributed by atoms with van der Waals surface area (Å²) in [4.78, 5) is 18.0. The standard InChI is InChI=1S/C27H26N2O5/c1-31-22-15-17(16-23(32-2)26(22)33-3)14-18-10-11-20-24(27(30)34-13-7-6-12-28)19-8-4-5-9-21(19)29-25(18)20/h4-5,8-9,14-16H,6-7,10-11,13H2,1-3H3/b18-14+. The molecule has 0 saturated heterocycles. The van der Waals surface area contributed by atoms with Crippen LogP contribution in [0.2, 0.25) is 0 Å². The number of carbonyl (C=O) groups is 1. The summed E-state index contributed by atoms with van der Waals surface area (Å²) in [7, 11) is 4.74. The normalized spacial score (nSPS) is 13.4. The molecule has 0 aliphatic heterocycles. The summed E-state index contributed by atoms with van der Waals surface area (Å²) in [6.07, 6.45) is 4.33. The Bertz CT molecular complexity index is 1280. The number of hydrogen-bond acceptors (Lipinski definition) is 7. The van der Waals surface area contributed by atoms with Crippen molar-refractivity contribution in [2.45, 2.75) is 25.7 Å². The number of para-hydroxylation sites is 1. The first kappa shape index (κ1) is 23.1. The fourth-order valence-corrected chi connectivity index (χ4v) is 4.29. The van der Waals surface area contributed by atoms with Gasteiger partial charge in [0, 0.05) is 11.8 Å². The molecule has 4 rings (SSSR count). The van der Waals surface area contributed by atoms with Gasteiger partial charge in [-0.05, 0) is 60.2 Å². The predicted molar refractivity (Wildman–Crippen MR) is 129 cm³/mol. The van der Waals surface area contributed by atoms with E-state index in [2.05, 4.69) is 6.07 Å². The highest BCUT2D eigenvalue weighted by molar-refractivity contribution is 6.07. The average molecular weight is 459 g/mol. The van der Waals surface area contributed by atoms with Crippen LogP contribution in [0.15, 0.2) is 36.4 Å². The van der Waals surface area contributed by atoms with Crippen LogP contribution in [0.5, 0.6) is 17.2 Å². The average Bonchev–Trinajstić information content (AvgIpc) is 3.26. The molecule has 2 aromatic carbocycles. The van der Waals surface area contributed by atoms with Crippen molar-refractivity contribution in [2.75, 3.05) is 27.9 Å². The van der Waals surface area contributed by atoms with Gasteiger partial charge in [-0.25, -0.2) is 9.78 Å². The number of nitrogens with zero attached hydrogens (tertiary/aromatic N) is 2. The maximum absolute atomic E-state index is 13.1. The Hall–Kier alpha value is -4.05. The Balaban J connectivity index is 1.79. The molecular weight excluding hydrogens is 432 g/mol. The van der Waals surface area contributed by atoms with Crippen LogP contribution < -0.4 is 14.2 Å². The number of pyridine rings is 1. The van der Waals surface area contributed by atoms with Crippen molar-refractivity contribution in [3.05, 3.63) is 58.8 Å². The number of hydrogen-bond donors (Lipinski definition) is 0. The molecule has 0 atom stereocenters. The first-order valence-corrected chi connectivity index (χ1v) is 11.1. The van der Waals surface area contributed by atoms with Crippen LogP contribution in [0, 0.1) is 11.3 Å². The van der Waals surface area contributed by atoms with Crippen molar-refractivity contribution >= 4 is 28.5 Å². The quantitative estimate of drug-likeness (QED) is 0.338. The summed E-state index contributed by atoms with van der Waals surface area (Å²) < 4.78 is 21.9. The first-order valence-electron chi connectivity index (χ1n) is 11.1. The van der Waals surface area contributed by atoms with E-state index >= 15 is 0 Å². The second-order valence-electron chi connectivity index (χ2n) is 7.86. The number of rotatable bonds is 8. The summed E-state index contributed by atoms with van der Waals surface area (Å²) in [5.74, 6) is 1.30. The number of allylic oxidation sites excluding steroid dienone is 1. The second-order valence-corrected chi connectivity index (χ2v) is 7.86. The fraction of sp³-hybridized carbons (Fsp3) is 0.296. The molecule has 1 aliphatic rings. The summed E-state index contributed by atoms with van der Waals surface area (Å²) in [6.45, 7) is 0.214. The number of methoxy groups -OCH3 is 3. The van der Waals surface area contributed by atoms with Crippen LogP contribution in [0.3, 0.4) is 0 Å². The van der Waals surface area contributed by atoms with Gasteiger partial charge in [0.2, 0.25) is 5.75 Å². The number of nitriles is 1. The lowest BCUT2D eigenvalue weighted by Crippen LogP contribution is -2.11. The Kier molecular flexibility index (Phi) is 6.98. The smallest absolute Gasteiger partial charge is 0.339 e. The van der Waals surface area contributed by atoms with Crippen molar-refractivity contribution in [3.63, 3.8) is 0 Å². The molecule has 0 unspecified atom stereocenters. The van der Waals surface area contributed by atoms with Gasteiger partial charge in [0.05, 0.1) is 50.8 Å². The van der Waals surface area contributed by atoms with Gasteiger partial charge < -0.3 is 18.9 Å². The maximum Gasteiger partial charge on any atom is 0.339 e. The first-order chi connectivity index (χ1) is 16.6. The lowest BCUT2D eigenvalue weighted by Gasteiger charge is -2.14. The van der Waals surface area contributed by atoms with Crippen LogP contribution in [-0.2, 0) is 11.2 Å². The second kappa shape index (κ2) is 10.3. The van der Waals surface area contributed by atoms with E-state index in [0.717, 1.165) is 39.7 Å². The van der Waals surface area contributed by atoms with Gasteiger partial charge in [0.1, 0.15) is 0 Å². The molecule has 34 heavy (non-hydrogen) atoms. The molecule has 0 N–H and O–H groups in total. The summed E-state index contributed by atoms with van der Waals surface area (Å²) in [5, 5.41) is 9.51. The third kappa shape index (κ3) is 4.40. The van der Waals surface area contributed by atoms with E-state index in [1.54, 1.807) is 21.3 Å². The maximum atomic E-state index is 13.1. The van der Waals surface area contributed by atoms with Crippen LogP contribution in [0.4, 0.5) is 0 Å². The molecule has 1 heterocycles. The fourth-order valence-electron chi connectivity index (χ4n) is 4.29. The van der Waals surface area contributed by atoms with Crippen LogP contribution in [0.1, 0.15) is 46.4 Å². The molecule has 0 saturated carbocycles. The Morgan fingerprint density at radius 1 is 1.09 bits per heavy atom. The lowest BCUT2D eigenvalue weighted by atomic mass is 10.0. The number of aromatic nitrogens is 1. The zero-order valence-corrected chi connectivity index (χ0v) is 19.5. The number of carbonyl (C=O) groups excluding carboxylic acids is 1. The topological polar surface area (TPSA) is 90.7 Å². The van der Waals surface area contributed by atoms with E-state index in [1.807, 2.05) is 42.5 Å². The lowest BCUT2D eigenvalue weighted by molar-refractivity contribution is 0.0503. The van der Waals surface area contributed by atoms with Gasteiger partial charge in [-0.1, -0.05) is 18.2 Å². The van der Waals surface area contributed by atoms with Crippen molar-refractivity contribution in [3.8, 4) is 23.3 Å². The van der Waals surface area contributed by atoms with E-state index in [9.17, 15) is 4.79 Å². The van der Waals surface area contributed by atoms with Crippen LogP contribution in [-0.4, -0.2) is 38.9 Å². The molecule has 7 nitrogen and oxygen atoms in total. The zero-order chi connectivity index (χ0) is 24.1. The number of benzene rings is 2. The zero-order valence-electron chi connectivity index (χ0n) is 19.5. The molecule has 0 fully saturated rings. The van der Waals surface area contributed by atoms with Gasteiger partial charge in [-0.2, -0.15) is 5.26 Å². The Morgan fingerprint density at radius 3 is 2.50 bits per heavy atom. The molecule has 0 radical (unpaired) electrons. The Labute approximate surface area is 198 Å². The molecule has 3 aromatic rings. The monoisotopic (exact) mass is 458 g/mol. The predicted octanol–water partition coefficient (Wildman–Crippen LogP) is 5.21.